The van der Waals surface area contributed by atoms with Gasteiger partial charge in [0.15, 0.2) is 4.08 Å². The molecule has 1 aromatic heterocycles. The van der Waals surface area contributed by atoms with Crippen molar-refractivity contribution in [1.82, 2.24) is 9.47 Å². The van der Waals surface area contributed by atoms with E-state index >= 15 is 0 Å². The van der Waals surface area contributed by atoms with E-state index in [2.05, 4.69) is 11.0 Å². The highest BCUT2D eigenvalue weighted by atomic mass is 32.2. The second kappa shape index (κ2) is 17.3. The highest BCUT2D eigenvalue weighted by molar-refractivity contribution is 8.19. The Hall–Kier alpha value is -4.19. The summed E-state index contributed by atoms with van der Waals surface area (Å²) < 4.78 is 22.8. The monoisotopic (exact) mass is 758 g/mol. The number of hydrogen-bond acceptors (Lipinski definition) is 10. The Morgan fingerprint density at radius 1 is 0.792 bits per heavy atom. The predicted molar refractivity (Wildman–Crippen MR) is 211 cm³/mol. The fourth-order valence-corrected chi connectivity index (χ4v) is 9.25. The first-order valence-corrected chi connectivity index (χ1v) is 19.5. The van der Waals surface area contributed by atoms with Crippen LogP contribution in [0.1, 0.15) is 71.7 Å². The average molecular weight is 759 g/mol. The van der Waals surface area contributed by atoms with Crippen LogP contribution >= 0.6 is 23.5 Å². The molecule has 0 bridgehead atoms. The number of thioether (sulfide) groups is 2. The average Bonchev–Trinajstić information content (AvgIpc) is 3.44. The van der Waals surface area contributed by atoms with Crippen molar-refractivity contribution in [3.63, 3.8) is 0 Å². The Balaban J connectivity index is 1.55. The van der Waals surface area contributed by atoms with Crippen LogP contribution in [0.4, 0.5) is 9.59 Å². The lowest BCUT2D eigenvalue weighted by molar-refractivity contribution is -0.141. The van der Waals surface area contributed by atoms with Gasteiger partial charge in [0, 0.05) is 28.3 Å². The fourth-order valence-electron chi connectivity index (χ4n) is 6.39. The van der Waals surface area contributed by atoms with Crippen molar-refractivity contribution < 1.29 is 33.3 Å². The molecule has 0 unspecified atom stereocenters. The van der Waals surface area contributed by atoms with Gasteiger partial charge in [-0.05, 0) is 103 Å². The molecule has 0 radical (unpaired) electrons. The van der Waals surface area contributed by atoms with Crippen LogP contribution in [-0.4, -0.2) is 69.8 Å². The van der Waals surface area contributed by atoms with Crippen molar-refractivity contribution in [2.45, 2.75) is 91.9 Å². The number of para-hydroxylation sites is 1. The largest absolute Gasteiger partial charge is 0.509 e. The van der Waals surface area contributed by atoms with Crippen LogP contribution in [0, 0.1) is 0 Å². The lowest BCUT2D eigenvalue weighted by Crippen LogP contribution is -2.40. The first-order chi connectivity index (χ1) is 25.2. The van der Waals surface area contributed by atoms with Gasteiger partial charge >= 0.3 is 18.2 Å². The number of carbonyl (C=O) groups excluding carboxylic acids is 3. The Morgan fingerprint density at radius 2 is 1.38 bits per heavy atom. The van der Waals surface area contributed by atoms with Gasteiger partial charge in [0.25, 0.3) is 0 Å². The van der Waals surface area contributed by atoms with Crippen LogP contribution in [0.15, 0.2) is 107 Å². The molecule has 0 amide bonds. The van der Waals surface area contributed by atoms with Gasteiger partial charge in [-0.25, -0.2) is 19.0 Å². The number of benzene rings is 3. The van der Waals surface area contributed by atoms with Gasteiger partial charge in [-0.2, -0.15) is 0 Å². The number of carbonyl (C=O) groups is 3. The van der Waals surface area contributed by atoms with Crippen molar-refractivity contribution in [2.75, 3.05) is 26.8 Å². The quantitative estimate of drug-likeness (QED) is 0.0457. The van der Waals surface area contributed by atoms with E-state index in [0.717, 1.165) is 32.0 Å². The predicted octanol–water partition coefficient (Wildman–Crippen LogP) is 10.1. The van der Waals surface area contributed by atoms with Crippen molar-refractivity contribution >= 4 is 52.6 Å². The second-order valence-electron chi connectivity index (χ2n) is 14.8. The smallest absolute Gasteiger partial charge is 0.467 e. The van der Waals surface area contributed by atoms with E-state index in [-0.39, 0.29) is 18.6 Å². The lowest BCUT2D eigenvalue weighted by atomic mass is 9.93. The maximum atomic E-state index is 14.1. The number of hydrogen-bond donors (Lipinski definition) is 0. The number of methoxy groups -OCH3 is 1. The molecule has 1 aliphatic heterocycles. The summed E-state index contributed by atoms with van der Waals surface area (Å²) in [4.78, 5) is 44.5. The molecule has 0 aliphatic carbocycles. The first-order valence-electron chi connectivity index (χ1n) is 17.9. The first kappa shape index (κ1) is 40.0. The summed E-state index contributed by atoms with van der Waals surface area (Å²) in [6.45, 7) is 12.2. The fraction of sp³-hybridized carbons (Fsp3) is 0.405. The van der Waals surface area contributed by atoms with Crippen LogP contribution in [0.25, 0.3) is 10.9 Å². The maximum Gasteiger partial charge on any atom is 0.509 e. The van der Waals surface area contributed by atoms with Crippen molar-refractivity contribution in [2.24, 2.45) is 0 Å². The van der Waals surface area contributed by atoms with Gasteiger partial charge in [-0.1, -0.05) is 84.2 Å². The van der Waals surface area contributed by atoms with Crippen molar-refractivity contribution in [1.29, 1.82) is 0 Å². The summed E-state index contributed by atoms with van der Waals surface area (Å²) in [7, 11) is 1.43. The lowest BCUT2D eigenvalue weighted by Gasteiger charge is -2.38. The number of nitrogens with zero attached hydrogens (tertiary/aromatic N) is 2. The van der Waals surface area contributed by atoms with Crippen LogP contribution in [0.3, 0.4) is 0 Å². The van der Waals surface area contributed by atoms with E-state index in [9.17, 15) is 14.4 Å². The minimum atomic E-state index is -1.05. The van der Waals surface area contributed by atoms with Crippen LogP contribution in [0.5, 0.6) is 0 Å². The summed E-state index contributed by atoms with van der Waals surface area (Å²) in [6.07, 6.45) is 4.24. The molecule has 4 aromatic rings. The molecule has 2 heterocycles. The van der Waals surface area contributed by atoms with Gasteiger partial charge < -0.3 is 18.9 Å². The highest BCUT2D eigenvalue weighted by Gasteiger charge is 2.45. The third-order valence-electron chi connectivity index (χ3n) is 8.49. The zero-order chi connectivity index (χ0) is 38.2. The molecule has 0 saturated heterocycles. The molecule has 9 nitrogen and oxygen atoms in total. The second-order valence-corrected chi connectivity index (χ2v) is 17.8. The highest BCUT2D eigenvalue weighted by Crippen LogP contribution is 2.51. The Kier molecular flexibility index (Phi) is 13.1. The summed E-state index contributed by atoms with van der Waals surface area (Å²) in [5, 5.41) is 1.01. The van der Waals surface area contributed by atoms with E-state index in [1.54, 1.807) is 31.4 Å². The van der Waals surface area contributed by atoms with E-state index in [0.29, 0.717) is 32.4 Å². The van der Waals surface area contributed by atoms with Gasteiger partial charge in [0.05, 0.1) is 24.4 Å². The molecule has 11 heteroatoms. The van der Waals surface area contributed by atoms with Gasteiger partial charge in [0.2, 0.25) is 0 Å². The number of rotatable bonds is 12. The molecular formula is C42H50N2O7S2. The molecule has 1 aliphatic rings. The van der Waals surface area contributed by atoms with Gasteiger partial charge in [0.1, 0.15) is 17.8 Å². The summed E-state index contributed by atoms with van der Waals surface area (Å²) in [6, 6.07) is 27.4. The summed E-state index contributed by atoms with van der Waals surface area (Å²) >= 11 is 2.97. The molecule has 0 spiro atoms. The van der Waals surface area contributed by atoms with E-state index in [1.807, 2.05) is 106 Å². The van der Waals surface area contributed by atoms with Gasteiger partial charge in [-0.3, -0.25) is 4.90 Å². The van der Waals surface area contributed by atoms with Crippen molar-refractivity contribution in [3.05, 3.63) is 108 Å². The maximum absolute atomic E-state index is 14.1. The molecule has 0 fully saturated rings. The summed E-state index contributed by atoms with van der Waals surface area (Å²) in [5.74, 6) is -0.338. The minimum absolute atomic E-state index is 0.0593. The molecule has 0 saturated carbocycles. The number of esters is 1. The molecule has 282 valence electrons. The molecule has 53 heavy (non-hydrogen) atoms. The van der Waals surface area contributed by atoms with E-state index < -0.39 is 27.5 Å². The normalized spacial score (nSPS) is 15.3. The topological polar surface area (TPSA) is 96.3 Å². The van der Waals surface area contributed by atoms with E-state index in [4.69, 9.17) is 18.9 Å². The number of aromatic nitrogens is 1. The third kappa shape index (κ3) is 10.5. The van der Waals surface area contributed by atoms with Crippen LogP contribution < -0.4 is 0 Å². The minimum Gasteiger partial charge on any atom is -0.467 e. The Bertz CT molecular complexity index is 1850. The van der Waals surface area contributed by atoms with E-state index in [1.165, 1.54) is 30.6 Å². The molecule has 0 N–H and O–H groups in total. The molecule has 1 atom stereocenters. The summed E-state index contributed by atoms with van der Waals surface area (Å²) in [5.41, 5.74) is 1.38. The number of fused-ring (bicyclic) bond motifs is 3. The van der Waals surface area contributed by atoms with Crippen LogP contribution in [0.2, 0.25) is 0 Å². The van der Waals surface area contributed by atoms with Crippen molar-refractivity contribution in [3.8, 4) is 0 Å². The molecular weight excluding hydrogens is 709 g/mol. The molecule has 5 rings (SSSR count). The SMILES string of the molecule is COC(=O)C(CC[C@H]1c2c(c3ccccc3n2C(=O)OC(C)(C)C)CCN1C/C=C/COC(=O)OC(C)(C)C)(Sc1ccccc1)Sc1ccccc1. The standard InChI is InChI=1S/C42H50N2O7S2/c1-40(2,3)50-38(46)44-34-23-15-14-22-32(34)33-25-28-43(27-16-17-29-49-39(47)51-41(4,5)6)35(36(33)44)24-26-42(37(45)48-7,52-30-18-10-8-11-19-30)53-31-20-12-9-13-21-31/h8-23,35H,24-29H2,1-7H3/b17-16+/t35-/m0/s1. The zero-order valence-corrected chi connectivity index (χ0v) is 33.3. The van der Waals surface area contributed by atoms with Gasteiger partial charge in [-0.15, -0.1) is 0 Å². The number of ether oxygens (including phenoxy) is 4. The Labute approximate surface area is 321 Å². The Morgan fingerprint density at radius 3 is 1.96 bits per heavy atom. The third-order valence-corrected chi connectivity index (χ3v) is 11.4. The van der Waals surface area contributed by atoms with Crippen LogP contribution in [-0.2, 0) is 30.2 Å². The molecule has 3 aromatic carbocycles. The zero-order valence-electron chi connectivity index (χ0n) is 31.6.